The molecule has 1 aromatic rings. The third-order valence-corrected chi connectivity index (χ3v) is 4.29. The molecule has 0 saturated heterocycles. The molecule has 0 aromatic heterocycles. The van der Waals surface area contributed by atoms with Crippen LogP contribution in [0.1, 0.15) is 5.56 Å². The van der Waals surface area contributed by atoms with Crippen LogP contribution in [-0.2, 0) is 16.6 Å². The first-order valence-corrected chi connectivity index (χ1v) is 6.98. The van der Waals surface area contributed by atoms with Crippen LogP contribution in [0.25, 0.3) is 0 Å². The predicted octanol–water partition coefficient (Wildman–Crippen LogP) is 1.73. The Morgan fingerprint density at radius 1 is 1.30 bits per heavy atom. The summed E-state index contributed by atoms with van der Waals surface area (Å²) in [5.74, 6) is -0.628. The Bertz CT molecular complexity index is 572. The Morgan fingerprint density at radius 3 is 2.40 bits per heavy atom. The SMILES string of the molecule is CNCc1cc(S(=O)(=O)N(C)CC(F)(F)F)ccc1F. The Balaban J connectivity index is 3.12. The van der Waals surface area contributed by atoms with Gasteiger partial charge in [0.15, 0.2) is 0 Å². The second kappa shape index (κ2) is 6.06. The van der Waals surface area contributed by atoms with E-state index in [-0.39, 0.29) is 21.3 Å². The standard InChI is InChI=1S/C11H14F4N2O2S/c1-16-6-8-5-9(3-4-10(8)12)20(18,19)17(2)7-11(13,14)15/h3-5,16H,6-7H2,1-2H3. The quantitative estimate of drug-likeness (QED) is 0.842. The molecule has 0 bridgehead atoms. The van der Waals surface area contributed by atoms with Crippen molar-refractivity contribution in [2.75, 3.05) is 20.6 Å². The molecule has 0 aliphatic carbocycles. The Morgan fingerprint density at radius 2 is 1.90 bits per heavy atom. The summed E-state index contributed by atoms with van der Waals surface area (Å²) in [4.78, 5) is -0.379. The molecule has 4 nitrogen and oxygen atoms in total. The van der Waals surface area contributed by atoms with Gasteiger partial charge in [0, 0.05) is 19.2 Å². The number of alkyl halides is 3. The van der Waals surface area contributed by atoms with Gasteiger partial charge in [0.05, 0.1) is 4.90 Å². The summed E-state index contributed by atoms with van der Waals surface area (Å²) in [5, 5.41) is 2.64. The fraction of sp³-hybridized carbons (Fsp3) is 0.455. The van der Waals surface area contributed by atoms with Gasteiger partial charge in [-0.15, -0.1) is 0 Å². The molecule has 1 aromatic carbocycles. The summed E-state index contributed by atoms with van der Waals surface area (Å²) < 4.78 is 74.2. The highest BCUT2D eigenvalue weighted by Gasteiger charge is 2.34. The van der Waals surface area contributed by atoms with Gasteiger partial charge in [-0.3, -0.25) is 0 Å². The zero-order valence-electron chi connectivity index (χ0n) is 10.8. The molecule has 0 spiro atoms. The van der Waals surface area contributed by atoms with Crippen LogP contribution in [0.2, 0.25) is 0 Å². The van der Waals surface area contributed by atoms with E-state index in [1.54, 1.807) is 0 Å². The van der Waals surface area contributed by atoms with Crippen LogP contribution < -0.4 is 5.32 Å². The van der Waals surface area contributed by atoms with Crippen molar-refractivity contribution in [2.24, 2.45) is 0 Å². The third kappa shape index (κ3) is 4.15. The highest BCUT2D eigenvalue weighted by atomic mass is 32.2. The largest absolute Gasteiger partial charge is 0.402 e. The lowest BCUT2D eigenvalue weighted by molar-refractivity contribution is -0.134. The summed E-state index contributed by atoms with van der Waals surface area (Å²) >= 11 is 0. The van der Waals surface area contributed by atoms with Crippen LogP contribution in [0.3, 0.4) is 0 Å². The first-order valence-electron chi connectivity index (χ1n) is 5.54. The van der Waals surface area contributed by atoms with Crippen molar-refractivity contribution < 1.29 is 26.0 Å². The van der Waals surface area contributed by atoms with Gasteiger partial charge in [-0.05, 0) is 25.2 Å². The summed E-state index contributed by atoms with van der Waals surface area (Å²) in [6, 6.07) is 2.88. The van der Waals surface area contributed by atoms with Gasteiger partial charge >= 0.3 is 6.18 Å². The second-order valence-electron chi connectivity index (χ2n) is 4.16. The van der Waals surface area contributed by atoms with Crippen molar-refractivity contribution >= 4 is 10.0 Å². The van der Waals surface area contributed by atoms with E-state index in [0.717, 1.165) is 25.2 Å². The van der Waals surface area contributed by atoms with E-state index in [0.29, 0.717) is 0 Å². The molecule has 0 radical (unpaired) electrons. The van der Waals surface area contributed by atoms with E-state index >= 15 is 0 Å². The zero-order chi connectivity index (χ0) is 15.6. The van der Waals surface area contributed by atoms with Crippen LogP contribution in [0, 0.1) is 5.82 Å². The van der Waals surface area contributed by atoms with E-state index < -0.39 is 28.6 Å². The Labute approximate surface area is 114 Å². The topological polar surface area (TPSA) is 49.4 Å². The maximum Gasteiger partial charge on any atom is 0.402 e. The van der Waals surface area contributed by atoms with Crippen LogP contribution in [0.5, 0.6) is 0 Å². The predicted molar refractivity (Wildman–Crippen MR) is 65.0 cm³/mol. The first-order chi connectivity index (χ1) is 9.08. The van der Waals surface area contributed by atoms with Crippen LogP contribution in [-0.4, -0.2) is 39.5 Å². The molecule has 1 rings (SSSR count). The van der Waals surface area contributed by atoms with Gasteiger partial charge in [0.1, 0.15) is 12.4 Å². The van der Waals surface area contributed by atoms with Crippen molar-refractivity contribution in [1.82, 2.24) is 9.62 Å². The number of hydrogen-bond acceptors (Lipinski definition) is 3. The summed E-state index contributed by atoms with van der Waals surface area (Å²) in [6.45, 7) is -1.54. The molecule has 0 atom stereocenters. The maximum atomic E-state index is 13.4. The number of nitrogens with one attached hydrogen (secondary N) is 1. The van der Waals surface area contributed by atoms with Crippen LogP contribution in [0.4, 0.5) is 17.6 Å². The van der Waals surface area contributed by atoms with Gasteiger partial charge in [-0.25, -0.2) is 12.8 Å². The number of hydrogen-bond donors (Lipinski definition) is 1. The highest BCUT2D eigenvalue weighted by Crippen LogP contribution is 2.22. The zero-order valence-corrected chi connectivity index (χ0v) is 11.6. The molecule has 20 heavy (non-hydrogen) atoms. The van der Waals surface area contributed by atoms with E-state index in [9.17, 15) is 26.0 Å². The molecule has 0 fully saturated rings. The normalized spacial score (nSPS) is 12.9. The molecular weight excluding hydrogens is 300 g/mol. The molecule has 0 amide bonds. The van der Waals surface area contributed by atoms with Gasteiger partial charge in [0.25, 0.3) is 0 Å². The smallest absolute Gasteiger partial charge is 0.316 e. The number of nitrogens with zero attached hydrogens (tertiary/aromatic N) is 1. The average molecular weight is 314 g/mol. The molecule has 1 N–H and O–H groups in total. The Kier molecular flexibility index (Phi) is 5.11. The lowest BCUT2D eigenvalue weighted by Crippen LogP contribution is -2.35. The number of halogens is 4. The molecule has 0 saturated carbocycles. The fourth-order valence-corrected chi connectivity index (χ4v) is 2.76. The van der Waals surface area contributed by atoms with E-state index in [1.165, 1.54) is 7.05 Å². The van der Waals surface area contributed by atoms with Crippen molar-refractivity contribution in [2.45, 2.75) is 17.6 Å². The van der Waals surface area contributed by atoms with E-state index in [1.807, 2.05) is 0 Å². The lowest BCUT2D eigenvalue weighted by atomic mass is 10.2. The van der Waals surface area contributed by atoms with Crippen LogP contribution >= 0.6 is 0 Å². The number of rotatable bonds is 5. The van der Waals surface area contributed by atoms with Gasteiger partial charge in [-0.1, -0.05) is 0 Å². The number of benzene rings is 1. The van der Waals surface area contributed by atoms with Crippen molar-refractivity contribution in [3.05, 3.63) is 29.6 Å². The van der Waals surface area contributed by atoms with Gasteiger partial charge in [0.2, 0.25) is 10.0 Å². The summed E-state index contributed by atoms with van der Waals surface area (Å²) in [6.07, 6.45) is -4.64. The minimum absolute atomic E-state index is 0.0639. The average Bonchev–Trinajstić information content (AvgIpc) is 2.29. The minimum Gasteiger partial charge on any atom is -0.316 e. The number of sulfonamides is 1. The highest BCUT2D eigenvalue weighted by molar-refractivity contribution is 7.89. The lowest BCUT2D eigenvalue weighted by Gasteiger charge is -2.19. The monoisotopic (exact) mass is 314 g/mol. The van der Waals surface area contributed by atoms with Crippen LogP contribution in [0.15, 0.2) is 23.1 Å². The molecule has 0 aliphatic rings. The molecule has 9 heteroatoms. The minimum atomic E-state index is -4.64. The van der Waals surface area contributed by atoms with Gasteiger partial charge < -0.3 is 5.32 Å². The fourth-order valence-electron chi connectivity index (χ4n) is 1.55. The first kappa shape index (κ1) is 16.9. The molecule has 114 valence electrons. The Hall–Kier alpha value is -1.19. The van der Waals surface area contributed by atoms with E-state index in [2.05, 4.69) is 5.32 Å². The van der Waals surface area contributed by atoms with Gasteiger partial charge in [-0.2, -0.15) is 17.5 Å². The van der Waals surface area contributed by atoms with Crippen molar-refractivity contribution in [3.8, 4) is 0 Å². The molecule has 0 unspecified atom stereocenters. The maximum absolute atomic E-state index is 13.4. The van der Waals surface area contributed by atoms with E-state index in [4.69, 9.17) is 0 Å². The van der Waals surface area contributed by atoms with Crippen molar-refractivity contribution in [1.29, 1.82) is 0 Å². The summed E-state index contributed by atoms with van der Waals surface area (Å²) in [7, 11) is -1.95. The molecule has 0 aliphatic heterocycles. The van der Waals surface area contributed by atoms with Crippen molar-refractivity contribution in [3.63, 3.8) is 0 Å². The molecular formula is C11H14F4N2O2S. The summed E-state index contributed by atoms with van der Waals surface area (Å²) in [5.41, 5.74) is 0.0639. The second-order valence-corrected chi connectivity index (χ2v) is 6.20. The third-order valence-electron chi connectivity index (χ3n) is 2.49. The molecule has 0 heterocycles.